The molecule has 6 nitrogen and oxygen atoms in total. The Morgan fingerprint density at radius 1 is 0.921 bits per heavy atom. The zero-order chi connectivity index (χ0) is 27.5. The van der Waals surface area contributed by atoms with Crippen LogP contribution >= 0.6 is 23.2 Å². The largest absolute Gasteiger partial charge is 0.416 e. The van der Waals surface area contributed by atoms with E-state index in [1.165, 1.54) is 29.2 Å². The second-order valence-electron chi connectivity index (χ2n) is 8.80. The van der Waals surface area contributed by atoms with Gasteiger partial charge in [0.15, 0.2) is 0 Å². The molecule has 1 unspecified atom stereocenters. The van der Waals surface area contributed by atoms with Gasteiger partial charge in [0.25, 0.3) is 0 Å². The maximum absolute atomic E-state index is 13.6. The number of hydrogen-bond donors (Lipinski definition) is 1. The third kappa shape index (κ3) is 6.79. The van der Waals surface area contributed by atoms with Crippen molar-refractivity contribution >= 4 is 44.8 Å². The van der Waals surface area contributed by atoms with Gasteiger partial charge in [-0.2, -0.15) is 17.9 Å². The molecule has 1 aliphatic rings. The summed E-state index contributed by atoms with van der Waals surface area (Å²) in [5, 5.41) is 0.133. The second-order valence-corrected chi connectivity index (χ2v) is 11.3. The van der Waals surface area contributed by atoms with Crippen LogP contribution in [0.15, 0.2) is 77.7 Å². The zero-order valence-corrected chi connectivity index (χ0v) is 22.3. The highest BCUT2D eigenvalue weighted by Gasteiger charge is 2.34. The fourth-order valence-electron chi connectivity index (χ4n) is 4.25. The molecule has 1 N–H and O–H groups in total. The molecule has 38 heavy (non-hydrogen) atoms. The molecule has 1 heterocycles. The summed E-state index contributed by atoms with van der Waals surface area (Å²) in [6.07, 6.45) is -4.37. The van der Waals surface area contributed by atoms with E-state index in [0.29, 0.717) is 5.69 Å². The molecule has 1 aliphatic heterocycles. The molecule has 3 aromatic rings. The van der Waals surface area contributed by atoms with Crippen LogP contribution in [0.2, 0.25) is 10.0 Å². The lowest BCUT2D eigenvalue weighted by atomic mass is 10.1. The van der Waals surface area contributed by atoms with Gasteiger partial charge in [0, 0.05) is 36.9 Å². The van der Waals surface area contributed by atoms with Crippen molar-refractivity contribution in [3.05, 3.63) is 94.0 Å². The average Bonchev–Trinajstić information content (AvgIpc) is 2.89. The normalized spacial score (nSPS) is 15.4. The van der Waals surface area contributed by atoms with Gasteiger partial charge < -0.3 is 9.80 Å². The number of carbonyl (C=O) groups is 1. The topological polar surface area (TPSA) is 69.7 Å². The lowest BCUT2D eigenvalue weighted by Gasteiger charge is -2.38. The Labute approximate surface area is 229 Å². The number of hydrogen-bond acceptors (Lipinski definition) is 4. The van der Waals surface area contributed by atoms with Crippen molar-refractivity contribution in [2.75, 3.05) is 31.1 Å². The van der Waals surface area contributed by atoms with Gasteiger partial charge in [0.2, 0.25) is 15.9 Å². The number of anilines is 1. The molecule has 0 radical (unpaired) electrons. The van der Waals surface area contributed by atoms with Crippen LogP contribution in [0.3, 0.4) is 0 Å². The molecule has 0 saturated carbocycles. The number of carbonyl (C=O) groups excluding carboxylic acids is 1. The Bertz CT molecular complexity index is 1400. The summed E-state index contributed by atoms with van der Waals surface area (Å²) in [6, 6.07) is 16.9. The van der Waals surface area contributed by atoms with Crippen molar-refractivity contribution in [3.8, 4) is 0 Å². The summed E-state index contributed by atoms with van der Waals surface area (Å²) >= 11 is 12.1. The molecule has 3 aromatic carbocycles. The molecule has 0 aromatic heterocycles. The number of sulfonamides is 1. The van der Waals surface area contributed by atoms with Crippen LogP contribution in [0.4, 0.5) is 18.9 Å². The first-order valence-electron chi connectivity index (χ1n) is 11.7. The minimum absolute atomic E-state index is 0.0393. The van der Waals surface area contributed by atoms with E-state index in [-0.39, 0.29) is 47.5 Å². The predicted molar refractivity (Wildman–Crippen MR) is 141 cm³/mol. The smallest absolute Gasteiger partial charge is 0.368 e. The molecule has 4 rings (SSSR count). The van der Waals surface area contributed by atoms with Crippen molar-refractivity contribution in [2.45, 2.75) is 23.5 Å². The van der Waals surface area contributed by atoms with E-state index in [1.807, 2.05) is 6.07 Å². The van der Waals surface area contributed by atoms with Gasteiger partial charge in [-0.15, -0.1) is 0 Å². The van der Waals surface area contributed by atoms with Crippen LogP contribution in [0.1, 0.15) is 11.1 Å². The summed E-state index contributed by atoms with van der Waals surface area (Å²) in [6.45, 7) is 0.996. The van der Waals surface area contributed by atoms with E-state index in [2.05, 4.69) is 4.72 Å². The summed E-state index contributed by atoms with van der Waals surface area (Å²) in [5.74, 6) is -0.445. The molecule has 1 saturated heterocycles. The van der Waals surface area contributed by atoms with Crippen molar-refractivity contribution in [2.24, 2.45) is 0 Å². The SMILES string of the molecule is O=C(C(Cc1ccccc1)NS(=O)(=O)c1cc(Cl)ccc1Cl)N1CCN(c2cccc(C(F)(F)F)c2)CC1. The Morgan fingerprint density at radius 3 is 2.26 bits per heavy atom. The minimum Gasteiger partial charge on any atom is -0.368 e. The van der Waals surface area contributed by atoms with E-state index < -0.39 is 33.7 Å². The zero-order valence-electron chi connectivity index (χ0n) is 20.0. The monoisotopic (exact) mass is 585 g/mol. The number of amides is 1. The quantitative estimate of drug-likeness (QED) is 0.411. The molecule has 0 aliphatic carbocycles. The first kappa shape index (κ1) is 28.2. The number of rotatable bonds is 7. The van der Waals surface area contributed by atoms with Crippen molar-refractivity contribution in [1.29, 1.82) is 0 Å². The molecule has 0 bridgehead atoms. The van der Waals surface area contributed by atoms with Gasteiger partial charge in [-0.1, -0.05) is 59.6 Å². The molecule has 0 spiro atoms. The van der Waals surface area contributed by atoms with Crippen LogP contribution in [0, 0.1) is 0 Å². The lowest BCUT2D eigenvalue weighted by molar-refractivity contribution is -0.137. The van der Waals surface area contributed by atoms with Crippen molar-refractivity contribution in [1.82, 2.24) is 9.62 Å². The fourth-order valence-corrected chi connectivity index (χ4v) is 6.20. The highest BCUT2D eigenvalue weighted by molar-refractivity contribution is 7.89. The van der Waals surface area contributed by atoms with E-state index in [1.54, 1.807) is 35.2 Å². The maximum atomic E-state index is 13.6. The van der Waals surface area contributed by atoms with Gasteiger partial charge in [-0.25, -0.2) is 8.42 Å². The number of nitrogens with one attached hydrogen (secondary N) is 1. The molecular weight excluding hydrogens is 562 g/mol. The van der Waals surface area contributed by atoms with E-state index in [4.69, 9.17) is 23.2 Å². The third-order valence-corrected chi connectivity index (χ3v) is 8.38. The number of piperazine rings is 1. The third-order valence-electron chi connectivity index (χ3n) is 6.19. The first-order chi connectivity index (χ1) is 17.9. The molecular formula is C26H24Cl2F3N3O3S. The van der Waals surface area contributed by atoms with Gasteiger partial charge in [0.05, 0.1) is 10.6 Å². The maximum Gasteiger partial charge on any atom is 0.416 e. The second kappa shape index (κ2) is 11.5. The molecule has 1 fully saturated rings. The Kier molecular flexibility index (Phi) is 8.56. The summed E-state index contributed by atoms with van der Waals surface area (Å²) < 4.78 is 68.3. The van der Waals surface area contributed by atoms with Gasteiger partial charge in [-0.05, 0) is 48.4 Å². The molecule has 1 amide bonds. The number of alkyl halides is 3. The van der Waals surface area contributed by atoms with Crippen molar-refractivity contribution < 1.29 is 26.4 Å². The summed E-state index contributed by atoms with van der Waals surface area (Å²) in [5.41, 5.74) is 0.405. The molecule has 202 valence electrons. The number of nitrogens with zero attached hydrogens (tertiary/aromatic N) is 2. The Morgan fingerprint density at radius 2 is 1.61 bits per heavy atom. The summed E-state index contributed by atoms with van der Waals surface area (Å²) in [7, 11) is -4.22. The van der Waals surface area contributed by atoms with Crippen LogP contribution in [-0.4, -0.2) is 51.4 Å². The minimum atomic E-state index is -4.46. The molecule has 12 heteroatoms. The lowest BCUT2D eigenvalue weighted by Crippen LogP contribution is -2.55. The van der Waals surface area contributed by atoms with Crippen LogP contribution < -0.4 is 9.62 Å². The van der Waals surface area contributed by atoms with Gasteiger partial charge in [0.1, 0.15) is 10.9 Å². The summed E-state index contributed by atoms with van der Waals surface area (Å²) in [4.78, 5) is 16.6. The fraction of sp³-hybridized carbons (Fsp3) is 0.269. The average molecular weight is 586 g/mol. The van der Waals surface area contributed by atoms with Crippen LogP contribution in [0.5, 0.6) is 0 Å². The Hall–Kier alpha value is -2.79. The van der Waals surface area contributed by atoms with Crippen LogP contribution in [0.25, 0.3) is 0 Å². The van der Waals surface area contributed by atoms with E-state index in [9.17, 15) is 26.4 Å². The highest BCUT2D eigenvalue weighted by atomic mass is 35.5. The van der Waals surface area contributed by atoms with E-state index in [0.717, 1.165) is 17.7 Å². The highest BCUT2D eigenvalue weighted by Crippen LogP contribution is 2.32. The number of halogens is 5. The standard InChI is InChI=1S/C26H24Cl2F3N3O3S/c27-20-9-10-22(28)24(17-20)38(36,37)32-23(15-18-5-2-1-3-6-18)25(35)34-13-11-33(12-14-34)21-8-4-7-19(16-21)26(29,30)31/h1-10,16-17,23,32H,11-15H2. The number of benzene rings is 3. The van der Waals surface area contributed by atoms with Crippen LogP contribution in [-0.2, 0) is 27.4 Å². The first-order valence-corrected chi connectivity index (χ1v) is 13.9. The predicted octanol–water partition coefficient (Wildman–Crippen LogP) is 5.25. The Balaban J connectivity index is 1.52. The molecule has 1 atom stereocenters. The van der Waals surface area contributed by atoms with Crippen molar-refractivity contribution in [3.63, 3.8) is 0 Å². The van der Waals surface area contributed by atoms with Gasteiger partial charge in [-0.3, -0.25) is 4.79 Å². The van der Waals surface area contributed by atoms with Gasteiger partial charge >= 0.3 is 6.18 Å². The van der Waals surface area contributed by atoms with E-state index >= 15 is 0 Å².